The highest BCUT2D eigenvalue weighted by Gasteiger charge is 2.45. The molecule has 0 heterocycles. The number of hydrogen-bond donors (Lipinski definition) is 0. The van der Waals surface area contributed by atoms with E-state index < -0.39 is 11.8 Å². The molecular formula is C23H36F2. The summed E-state index contributed by atoms with van der Waals surface area (Å²) in [5.74, 6) is 2.53. The average Bonchev–Trinajstić information content (AvgIpc) is 2.64. The third kappa shape index (κ3) is 4.74. The Morgan fingerprint density at radius 1 is 0.800 bits per heavy atom. The largest absolute Gasteiger partial charge is 0.239 e. The molecule has 3 rings (SSSR count). The van der Waals surface area contributed by atoms with E-state index in [2.05, 4.69) is 6.92 Å². The van der Waals surface area contributed by atoms with Crippen molar-refractivity contribution in [3.63, 3.8) is 0 Å². The Morgan fingerprint density at radius 2 is 1.32 bits per heavy atom. The third-order valence-corrected chi connectivity index (χ3v) is 7.28. The van der Waals surface area contributed by atoms with Crippen molar-refractivity contribution in [3.8, 4) is 0 Å². The maximum atomic E-state index is 15.0. The van der Waals surface area contributed by atoms with Gasteiger partial charge in [-0.1, -0.05) is 83.3 Å². The molecule has 142 valence electrons. The van der Waals surface area contributed by atoms with Gasteiger partial charge in [0.05, 0.1) is 0 Å². The summed E-state index contributed by atoms with van der Waals surface area (Å²) in [6.45, 7) is 2.30. The molecule has 0 aromatic heterocycles. The van der Waals surface area contributed by atoms with Crippen molar-refractivity contribution >= 4 is 0 Å². The Hall–Kier alpha value is -0.660. The zero-order valence-corrected chi connectivity index (χ0v) is 15.9. The van der Waals surface area contributed by atoms with Gasteiger partial charge in [0.2, 0.25) is 0 Å². The lowest BCUT2D eigenvalue weighted by atomic mass is 9.70. The lowest BCUT2D eigenvalue weighted by Gasteiger charge is -2.39. The molecule has 2 heteroatoms. The quantitative estimate of drug-likeness (QED) is 0.469. The SMILES string of the molecule is CCCC1CCC(CCC2CCC(C3(F)C=CC=CC3F)CC2)CC1. The fourth-order valence-corrected chi connectivity index (χ4v) is 5.55. The zero-order chi connectivity index (χ0) is 17.7. The van der Waals surface area contributed by atoms with Gasteiger partial charge in [0.15, 0.2) is 11.8 Å². The molecular weight excluding hydrogens is 314 g/mol. The minimum absolute atomic E-state index is 0.135. The van der Waals surface area contributed by atoms with Crippen LogP contribution in [0.4, 0.5) is 8.78 Å². The molecule has 0 spiro atoms. The summed E-state index contributed by atoms with van der Waals surface area (Å²) in [5.41, 5.74) is -1.75. The van der Waals surface area contributed by atoms with Crippen LogP contribution in [0, 0.1) is 23.7 Å². The van der Waals surface area contributed by atoms with E-state index in [0.717, 1.165) is 43.4 Å². The van der Waals surface area contributed by atoms with Gasteiger partial charge in [-0.25, -0.2) is 8.78 Å². The molecule has 3 aliphatic carbocycles. The van der Waals surface area contributed by atoms with Gasteiger partial charge in [0, 0.05) is 0 Å². The second kappa shape index (κ2) is 8.82. The molecule has 0 aromatic rings. The second-order valence-electron chi connectivity index (χ2n) is 8.94. The van der Waals surface area contributed by atoms with Crippen LogP contribution in [-0.2, 0) is 0 Å². The van der Waals surface area contributed by atoms with Gasteiger partial charge < -0.3 is 0 Å². The summed E-state index contributed by atoms with van der Waals surface area (Å²) in [4.78, 5) is 0. The van der Waals surface area contributed by atoms with Crippen LogP contribution in [0.2, 0.25) is 0 Å². The van der Waals surface area contributed by atoms with E-state index in [-0.39, 0.29) is 5.92 Å². The smallest absolute Gasteiger partial charge is 0.166 e. The van der Waals surface area contributed by atoms with Gasteiger partial charge in [-0.2, -0.15) is 0 Å². The molecule has 3 aliphatic rings. The Bertz CT molecular complexity index is 453. The van der Waals surface area contributed by atoms with Crippen LogP contribution in [0.1, 0.15) is 84.0 Å². The van der Waals surface area contributed by atoms with E-state index in [1.807, 2.05) is 0 Å². The highest BCUT2D eigenvalue weighted by Crippen LogP contribution is 2.44. The first-order valence-electron chi connectivity index (χ1n) is 10.8. The van der Waals surface area contributed by atoms with Gasteiger partial charge in [-0.05, 0) is 48.7 Å². The molecule has 0 aliphatic heterocycles. The summed E-state index contributed by atoms with van der Waals surface area (Å²) in [7, 11) is 0. The Kier molecular flexibility index (Phi) is 6.74. The van der Waals surface area contributed by atoms with Crippen LogP contribution in [0.5, 0.6) is 0 Å². The van der Waals surface area contributed by atoms with Crippen LogP contribution in [0.3, 0.4) is 0 Å². The molecule has 2 fully saturated rings. The number of rotatable bonds is 6. The lowest BCUT2D eigenvalue weighted by Crippen LogP contribution is -2.42. The Morgan fingerprint density at radius 3 is 1.84 bits per heavy atom. The first kappa shape index (κ1) is 19.1. The van der Waals surface area contributed by atoms with Crippen molar-refractivity contribution in [1.29, 1.82) is 0 Å². The average molecular weight is 351 g/mol. The second-order valence-corrected chi connectivity index (χ2v) is 8.94. The number of halogens is 2. The van der Waals surface area contributed by atoms with Crippen molar-refractivity contribution in [3.05, 3.63) is 24.3 Å². The van der Waals surface area contributed by atoms with Crippen molar-refractivity contribution in [1.82, 2.24) is 0 Å². The predicted octanol–water partition coefficient (Wildman–Crippen LogP) is 7.35. The molecule has 0 bridgehead atoms. The first-order valence-corrected chi connectivity index (χ1v) is 10.8. The van der Waals surface area contributed by atoms with Crippen LogP contribution in [0.15, 0.2) is 24.3 Å². The maximum Gasteiger partial charge on any atom is 0.166 e. The lowest BCUT2D eigenvalue weighted by molar-refractivity contribution is 0.0310. The molecule has 2 unspecified atom stereocenters. The van der Waals surface area contributed by atoms with Crippen LogP contribution in [0.25, 0.3) is 0 Å². The molecule has 0 nitrogen and oxygen atoms in total. The topological polar surface area (TPSA) is 0 Å². The van der Waals surface area contributed by atoms with Gasteiger partial charge in [-0.3, -0.25) is 0 Å². The Labute approximate surface area is 153 Å². The molecule has 0 amide bonds. The predicted molar refractivity (Wildman–Crippen MR) is 102 cm³/mol. The van der Waals surface area contributed by atoms with Crippen molar-refractivity contribution in [2.24, 2.45) is 23.7 Å². The fourth-order valence-electron chi connectivity index (χ4n) is 5.55. The normalized spacial score (nSPS) is 41.8. The molecule has 0 aromatic carbocycles. The van der Waals surface area contributed by atoms with E-state index in [4.69, 9.17) is 0 Å². The summed E-state index contributed by atoms with van der Waals surface area (Å²) in [6, 6.07) is 0. The first-order chi connectivity index (χ1) is 12.1. The maximum absolute atomic E-state index is 15.0. The molecule has 2 saturated carbocycles. The number of hydrogen-bond acceptors (Lipinski definition) is 0. The highest BCUT2D eigenvalue weighted by atomic mass is 19.2. The molecule has 0 N–H and O–H groups in total. The van der Waals surface area contributed by atoms with Crippen molar-refractivity contribution in [2.75, 3.05) is 0 Å². The van der Waals surface area contributed by atoms with Crippen molar-refractivity contribution < 1.29 is 8.78 Å². The minimum Gasteiger partial charge on any atom is -0.239 e. The molecule has 25 heavy (non-hydrogen) atoms. The minimum atomic E-state index is -1.75. The van der Waals surface area contributed by atoms with Crippen LogP contribution in [-0.4, -0.2) is 11.8 Å². The van der Waals surface area contributed by atoms with E-state index in [1.54, 1.807) is 12.2 Å². The van der Waals surface area contributed by atoms with Crippen LogP contribution >= 0.6 is 0 Å². The summed E-state index contributed by atoms with van der Waals surface area (Å²) >= 11 is 0. The third-order valence-electron chi connectivity index (χ3n) is 7.28. The van der Waals surface area contributed by atoms with Gasteiger partial charge in [0.25, 0.3) is 0 Å². The Balaban J connectivity index is 1.37. The van der Waals surface area contributed by atoms with Gasteiger partial charge in [0.1, 0.15) is 0 Å². The summed E-state index contributed by atoms with van der Waals surface area (Å²) in [6.07, 6.45) is 19.7. The summed E-state index contributed by atoms with van der Waals surface area (Å²) < 4.78 is 29.1. The van der Waals surface area contributed by atoms with Gasteiger partial charge in [-0.15, -0.1) is 0 Å². The number of alkyl halides is 2. The standard InChI is InChI=1S/C23H36F2/c1-2-5-18-7-9-19(10-8-18)11-12-20-13-15-21(16-14-20)23(25)17-4-3-6-22(23)24/h3-4,6,17-22H,2,5,7-16H2,1H3. The number of allylic oxidation sites excluding steroid dienone is 4. The van der Waals surface area contributed by atoms with E-state index in [1.165, 1.54) is 63.5 Å². The van der Waals surface area contributed by atoms with Crippen LogP contribution < -0.4 is 0 Å². The molecule has 0 radical (unpaired) electrons. The summed E-state index contributed by atoms with van der Waals surface area (Å²) in [5, 5.41) is 0. The highest BCUT2D eigenvalue weighted by molar-refractivity contribution is 5.24. The van der Waals surface area contributed by atoms with Gasteiger partial charge >= 0.3 is 0 Å². The molecule has 0 saturated heterocycles. The fraction of sp³-hybridized carbons (Fsp3) is 0.826. The van der Waals surface area contributed by atoms with Crippen molar-refractivity contribution in [2.45, 2.75) is 95.8 Å². The van der Waals surface area contributed by atoms with E-state index in [0.29, 0.717) is 0 Å². The zero-order valence-electron chi connectivity index (χ0n) is 15.9. The van der Waals surface area contributed by atoms with E-state index in [9.17, 15) is 4.39 Å². The molecule has 2 atom stereocenters. The monoisotopic (exact) mass is 350 g/mol. The van der Waals surface area contributed by atoms with E-state index >= 15 is 4.39 Å².